The molecular weight excluding hydrogens is 188 g/mol. The van der Waals surface area contributed by atoms with Crippen LogP contribution in [-0.2, 0) is 23.7 Å². The van der Waals surface area contributed by atoms with Gasteiger partial charge in [0.15, 0.2) is 18.9 Å². The zero-order chi connectivity index (χ0) is 9.97. The van der Waals surface area contributed by atoms with Gasteiger partial charge in [-0.25, -0.2) is 0 Å². The fourth-order valence-electron chi connectivity index (χ4n) is 1.88. The predicted octanol–water partition coefficient (Wildman–Crippen LogP) is 0.341. The lowest BCUT2D eigenvalue weighted by molar-refractivity contribution is -0.211. The zero-order valence-corrected chi connectivity index (χ0v) is 8.47. The normalized spacial score (nSPS) is 39.4. The molecule has 0 aliphatic carbocycles. The molecule has 0 aromatic carbocycles. The van der Waals surface area contributed by atoms with Crippen molar-refractivity contribution < 1.29 is 23.7 Å². The molecule has 2 aliphatic rings. The Balaban J connectivity index is 1.95. The highest BCUT2D eigenvalue weighted by molar-refractivity contribution is 4.77. The lowest BCUT2D eigenvalue weighted by Crippen LogP contribution is -2.30. The van der Waals surface area contributed by atoms with E-state index in [0.29, 0.717) is 13.2 Å². The van der Waals surface area contributed by atoms with E-state index in [4.69, 9.17) is 23.7 Å². The molecule has 0 N–H and O–H groups in total. The Hall–Kier alpha value is -0.200. The van der Waals surface area contributed by atoms with E-state index in [9.17, 15) is 0 Å². The van der Waals surface area contributed by atoms with Crippen LogP contribution >= 0.6 is 0 Å². The third-order valence-electron chi connectivity index (χ3n) is 2.59. The van der Waals surface area contributed by atoms with Crippen molar-refractivity contribution >= 4 is 0 Å². The molecular formula is C9H16O5. The molecule has 14 heavy (non-hydrogen) atoms. The summed E-state index contributed by atoms with van der Waals surface area (Å²) in [4.78, 5) is 0. The topological polar surface area (TPSA) is 46.2 Å². The summed E-state index contributed by atoms with van der Waals surface area (Å²) in [5.41, 5.74) is 0. The maximum absolute atomic E-state index is 5.48. The van der Waals surface area contributed by atoms with Crippen molar-refractivity contribution in [3.63, 3.8) is 0 Å². The van der Waals surface area contributed by atoms with E-state index < -0.39 is 0 Å². The monoisotopic (exact) mass is 204 g/mol. The molecule has 2 saturated heterocycles. The molecule has 3 unspecified atom stereocenters. The van der Waals surface area contributed by atoms with Crippen molar-refractivity contribution in [3.05, 3.63) is 0 Å². The third kappa shape index (κ3) is 1.92. The predicted molar refractivity (Wildman–Crippen MR) is 46.5 cm³/mol. The summed E-state index contributed by atoms with van der Waals surface area (Å²) in [6, 6.07) is 0. The smallest absolute Gasteiger partial charge is 0.168 e. The molecule has 0 spiro atoms. The van der Waals surface area contributed by atoms with Crippen LogP contribution in [0.3, 0.4) is 0 Å². The summed E-state index contributed by atoms with van der Waals surface area (Å²) in [5.74, 6) is 0.104. The van der Waals surface area contributed by atoms with Crippen molar-refractivity contribution in [2.75, 3.05) is 27.4 Å². The van der Waals surface area contributed by atoms with E-state index in [1.54, 1.807) is 14.2 Å². The standard InChI is InChI=1S/C9H16O5/c1-10-7-5-6(8(11-2)14-7)9-12-3-4-13-9/h6-9H,3-5H2,1-2H3. The van der Waals surface area contributed by atoms with Gasteiger partial charge in [0.25, 0.3) is 0 Å². The fraction of sp³-hybridized carbons (Fsp3) is 1.00. The van der Waals surface area contributed by atoms with Gasteiger partial charge in [0.2, 0.25) is 0 Å². The summed E-state index contributed by atoms with van der Waals surface area (Å²) >= 11 is 0. The summed E-state index contributed by atoms with van der Waals surface area (Å²) in [7, 11) is 3.24. The molecule has 5 nitrogen and oxygen atoms in total. The minimum absolute atomic E-state index is 0.104. The lowest BCUT2D eigenvalue weighted by atomic mass is 10.1. The quantitative estimate of drug-likeness (QED) is 0.663. The molecule has 2 aliphatic heterocycles. The van der Waals surface area contributed by atoms with Crippen LogP contribution in [0.5, 0.6) is 0 Å². The van der Waals surface area contributed by atoms with Gasteiger partial charge < -0.3 is 23.7 Å². The highest BCUT2D eigenvalue weighted by atomic mass is 16.8. The maximum atomic E-state index is 5.48. The second-order valence-electron chi connectivity index (χ2n) is 3.41. The van der Waals surface area contributed by atoms with Crippen molar-refractivity contribution in [2.24, 2.45) is 5.92 Å². The average Bonchev–Trinajstić information content (AvgIpc) is 2.85. The number of methoxy groups -OCH3 is 2. The molecule has 0 aromatic heterocycles. The summed E-state index contributed by atoms with van der Waals surface area (Å²) in [6.07, 6.45) is 0.0422. The molecule has 2 heterocycles. The maximum Gasteiger partial charge on any atom is 0.168 e. The van der Waals surface area contributed by atoms with Gasteiger partial charge in [-0.15, -0.1) is 0 Å². The molecule has 0 radical (unpaired) electrons. The molecule has 0 amide bonds. The first kappa shape index (κ1) is 10.3. The molecule has 2 rings (SSSR count). The third-order valence-corrected chi connectivity index (χ3v) is 2.59. The van der Waals surface area contributed by atoms with E-state index in [1.807, 2.05) is 0 Å². The summed E-state index contributed by atoms with van der Waals surface area (Å²) in [5, 5.41) is 0. The Morgan fingerprint density at radius 3 is 2.36 bits per heavy atom. The van der Waals surface area contributed by atoms with Gasteiger partial charge in [-0.3, -0.25) is 0 Å². The fourth-order valence-corrected chi connectivity index (χ4v) is 1.88. The van der Waals surface area contributed by atoms with E-state index in [-0.39, 0.29) is 24.8 Å². The zero-order valence-electron chi connectivity index (χ0n) is 8.47. The summed E-state index contributed by atoms with van der Waals surface area (Å²) in [6.45, 7) is 1.30. The second kappa shape index (κ2) is 4.55. The number of hydrogen-bond donors (Lipinski definition) is 0. The summed E-state index contributed by atoms with van der Waals surface area (Å²) < 4.78 is 26.7. The van der Waals surface area contributed by atoms with E-state index in [0.717, 1.165) is 6.42 Å². The van der Waals surface area contributed by atoms with Crippen LogP contribution in [0.25, 0.3) is 0 Å². The molecule has 82 valence electrons. The Morgan fingerprint density at radius 1 is 1.07 bits per heavy atom. The first-order valence-electron chi connectivity index (χ1n) is 4.79. The molecule has 5 heteroatoms. The number of hydrogen-bond acceptors (Lipinski definition) is 5. The van der Waals surface area contributed by atoms with Gasteiger partial charge in [0.1, 0.15) is 0 Å². The first-order chi connectivity index (χ1) is 6.85. The average molecular weight is 204 g/mol. The second-order valence-corrected chi connectivity index (χ2v) is 3.41. The molecule has 0 saturated carbocycles. The van der Waals surface area contributed by atoms with Crippen LogP contribution < -0.4 is 0 Å². The molecule has 0 bridgehead atoms. The number of ether oxygens (including phenoxy) is 5. The highest BCUT2D eigenvalue weighted by Crippen LogP contribution is 2.33. The molecule has 0 aromatic rings. The number of rotatable bonds is 3. The minimum atomic E-state index is -0.289. The van der Waals surface area contributed by atoms with Crippen molar-refractivity contribution in [2.45, 2.75) is 25.3 Å². The lowest BCUT2D eigenvalue weighted by Gasteiger charge is -2.20. The highest BCUT2D eigenvalue weighted by Gasteiger charge is 2.43. The Bertz CT molecular complexity index is 180. The van der Waals surface area contributed by atoms with Gasteiger partial charge in [-0.2, -0.15) is 0 Å². The van der Waals surface area contributed by atoms with Gasteiger partial charge in [-0.1, -0.05) is 0 Å². The van der Waals surface area contributed by atoms with Crippen LogP contribution in [0.1, 0.15) is 6.42 Å². The Morgan fingerprint density at radius 2 is 1.79 bits per heavy atom. The van der Waals surface area contributed by atoms with Crippen LogP contribution in [-0.4, -0.2) is 46.3 Å². The van der Waals surface area contributed by atoms with E-state index in [1.165, 1.54) is 0 Å². The van der Waals surface area contributed by atoms with Crippen LogP contribution in [0.15, 0.2) is 0 Å². The SMILES string of the molecule is COC1CC(C2OCCO2)C(OC)O1. The Kier molecular flexibility index (Phi) is 3.35. The minimum Gasteiger partial charge on any atom is -0.356 e. The van der Waals surface area contributed by atoms with Crippen molar-refractivity contribution in [1.29, 1.82) is 0 Å². The van der Waals surface area contributed by atoms with Crippen LogP contribution in [0.4, 0.5) is 0 Å². The van der Waals surface area contributed by atoms with Crippen LogP contribution in [0.2, 0.25) is 0 Å². The van der Waals surface area contributed by atoms with Gasteiger partial charge in [0, 0.05) is 20.6 Å². The van der Waals surface area contributed by atoms with Crippen molar-refractivity contribution in [1.82, 2.24) is 0 Å². The van der Waals surface area contributed by atoms with Crippen molar-refractivity contribution in [3.8, 4) is 0 Å². The first-order valence-corrected chi connectivity index (χ1v) is 4.79. The largest absolute Gasteiger partial charge is 0.356 e. The molecule has 3 atom stereocenters. The van der Waals surface area contributed by atoms with Crippen LogP contribution in [0, 0.1) is 5.92 Å². The van der Waals surface area contributed by atoms with Gasteiger partial charge in [-0.05, 0) is 0 Å². The molecule has 2 fully saturated rings. The Labute approximate surface area is 83.2 Å². The van der Waals surface area contributed by atoms with E-state index in [2.05, 4.69) is 0 Å². The van der Waals surface area contributed by atoms with E-state index >= 15 is 0 Å². The van der Waals surface area contributed by atoms with Gasteiger partial charge >= 0.3 is 0 Å². The van der Waals surface area contributed by atoms with Gasteiger partial charge in [0.05, 0.1) is 19.1 Å².